The van der Waals surface area contributed by atoms with E-state index in [1.165, 1.54) is 6.92 Å². The lowest BCUT2D eigenvalue weighted by Gasteiger charge is -2.16. The van der Waals surface area contributed by atoms with Gasteiger partial charge in [-0.25, -0.2) is 4.79 Å². The Morgan fingerprint density at radius 2 is 2.36 bits per heavy atom. The van der Waals surface area contributed by atoms with E-state index in [2.05, 4.69) is 5.32 Å². The first-order valence-corrected chi connectivity index (χ1v) is 4.71. The van der Waals surface area contributed by atoms with Crippen molar-refractivity contribution in [2.45, 2.75) is 38.3 Å². The third kappa shape index (κ3) is 3.33. The second-order valence-electron chi connectivity index (χ2n) is 3.46. The molecule has 80 valence electrons. The van der Waals surface area contributed by atoms with Gasteiger partial charge in [0.25, 0.3) is 0 Å². The highest BCUT2D eigenvalue weighted by molar-refractivity contribution is 5.82. The second-order valence-corrected chi connectivity index (χ2v) is 3.46. The molecule has 0 unspecified atom stereocenters. The number of aliphatic carboxylic acids is 1. The molecule has 0 aliphatic carbocycles. The van der Waals surface area contributed by atoms with Crippen LogP contribution < -0.4 is 5.32 Å². The molecule has 0 aromatic carbocycles. The number of hydrogen-bond donors (Lipinski definition) is 2. The highest BCUT2D eigenvalue weighted by atomic mass is 16.5. The Bertz CT molecular complexity index is 223. The second kappa shape index (κ2) is 4.95. The van der Waals surface area contributed by atoms with E-state index in [0.717, 1.165) is 12.8 Å². The molecule has 0 aromatic rings. The van der Waals surface area contributed by atoms with Crippen LogP contribution in [0.25, 0.3) is 0 Å². The van der Waals surface area contributed by atoms with Crippen molar-refractivity contribution in [3.63, 3.8) is 0 Å². The molecule has 1 saturated heterocycles. The van der Waals surface area contributed by atoms with E-state index in [4.69, 9.17) is 9.84 Å². The minimum absolute atomic E-state index is 0.0250. The summed E-state index contributed by atoms with van der Waals surface area (Å²) in [6, 6.07) is -0.824. The van der Waals surface area contributed by atoms with Crippen molar-refractivity contribution in [3.8, 4) is 0 Å². The van der Waals surface area contributed by atoms with Crippen molar-refractivity contribution in [2.24, 2.45) is 0 Å². The van der Waals surface area contributed by atoms with E-state index >= 15 is 0 Å². The SMILES string of the molecule is CC(=O)N[C@@H](C[C@@H]1CCCO1)C(=O)O. The van der Waals surface area contributed by atoms with Crippen LogP contribution in [0.15, 0.2) is 0 Å². The number of carbonyl (C=O) groups excluding carboxylic acids is 1. The summed E-state index contributed by atoms with van der Waals surface area (Å²) in [4.78, 5) is 21.5. The Balaban J connectivity index is 2.41. The summed E-state index contributed by atoms with van der Waals surface area (Å²) >= 11 is 0. The number of amides is 1. The first kappa shape index (κ1) is 11.0. The highest BCUT2D eigenvalue weighted by Gasteiger charge is 2.25. The molecule has 2 N–H and O–H groups in total. The van der Waals surface area contributed by atoms with Crippen LogP contribution in [0, 0.1) is 0 Å². The maximum Gasteiger partial charge on any atom is 0.326 e. The van der Waals surface area contributed by atoms with Gasteiger partial charge in [0.1, 0.15) is 6.04 Å². The van der Waals surface area contributed by atoms with Crippen molar-refractivity contribution >= 4 is 11.9 Å². The third-order valence-electron chi connectivity index (χ3n) is 2.20. The highest BCUT2D eigenvalue weighted by Crippen LogP contribution is 2.16. The first-order chi connectivity index (χ1) is 6.59. The van der Waals surface area contributed by atoms with Gasteiger partial charge in [0, 0.05) is 20.0 Å². The summed E-state index contributed by atoms with van der Waals surface area (Å²) < 4.78 is 5.30. The Kier molecular flexibility index (Phi) is 3.88. The number of carboxylic acid groups (broad SMARTS) is 1. The molecule has 1 aliphatic rings. The third-order valence-corrected chi connectivity index (χ3v) is 2.20. The predicted molar refractivity (Wildman–Crippen MR) is 48.8 cm³/mol. The van der Waals surface area contributed by atoms with Crippen molar-refractivity contribution < 1.29 is 19.4 Å². The molecule has 0 spiro atoms. The maximum absolute atomic E-state index is 10.8. The molecule has 5 nitrogen and oxygen atoms in total. The van der Waals surface area contributed by atoms with Crippen LogP contribution in [0.3, 0.4) is 0 Å². The molecular weight excluding hydrogens is 186 g/mol. The minimum atomic E-state index is -1.00. The molecule has 1 rings (SSSR count). The largest absolute Gasteiger partial charge is 0.480 e. The lowest BCUT2D eigenvalue weighted by Crippen LogP contribution is -2.41. The molecule has 1 fully saturated rings. The molecule has 2 atom stereocenters. The molecule has 0 radical (unpaired) electrons. The van der Waals surface area contributed by atoms with Gasteiger partial charge in [-0.15, -0.1) is 0 Å². The first-order valence-electron chi connectivity index (χ1n) is 4.71. The van der Waals surface area contributed by atoms with Crippen LogP contribution >= 0.6 is 0 Å². The van der Waals surface area contributed by atoms with Gasteiger partial charge in [0.15, 0.2) is 0 Å². The monoisotopic (exact) mass is 201 g/mol. The van der Waals surface area contributed by atoms with Crippen molar-refractivity contribution in [1.29, 1.82) is 0 Å². The van der Waals surface area contributed by atoms with E-state index < -0.39 is 12.0 Å². The van der Waals surface area contributed by atoms with Gasteiger partial charge in [-0.2, -0.15) is 0 Å². The molecule has 0 bridgehead atoms. The Hall–Kier alpha value is -1.10. The van der Waals surface area contributed by atoms with Crippen LogP contribution in [-0.4, -0.2) is 35.7 Å². The quantitative estimate of drug-likeness (QED) is 0.678. The molecule has 0 aromatic heterocycles. The van der Waals surface area contributed by atoms with Gasteiger partial charge in [-0.05, 0) is 12.8 Å². The zero-order valence-corrected chi connectivity index (χ0v) is 8.16. The molecular formula is C9H15NO4. The van der Waals surface area contributed by atoms with Gasteiger partial charge in [0.05, 0.1) is 6.10 Å². The lowest BCUT2D eigenvalue weighted by molar-refractivity contribution is -0.142. The normalized spacial score (nSPS) is 23.1. The fourth-order valence-corrected chi connectivity index (χ4v) is 1.56. The van der Waals surface area contributed by atoms with Crippen molar-refractivity contribution in [2.75, 3.05) is 6.61 Å². The molecule has 0 saturated carbocycles. The summed E-state index contributed by atoms with van der Waals surface area (Å²) in [5, 5.41) is 11.2. The van der Waals surface area contributed by atoms with E-state index in [9.17, 15) is 9.59 Å². The average Bonchev–Trinajstić information content (AvgIpc) is 2.54. The van der Waals surface area contributed by atoms with Crippen molar-refractivity contribution in [1.82, 2.24) is 5.32 Å². The number of carbonyl (C=O) groups is 2. The maximum atomic E-state index is 10.8. The summed E-state index contributed by atoms with van der Waals surface area (Å²) in [5.74, 6) is -1.33. The van der Waals surface area contributed by atoms with E-state index in [0.29, 0.717) is 13.0 Å². The van der Waals surface area contributed by atoms with Crippen LogP contribution in [0.1, 0.15) is 26.2 Å². The zero-order valence-electron chi connectivity index (χ0n) is 8.16. The van der Waals surface area contributed by atoms with Crippen LogP contribution in [0.5, 0.6) is 0 Å². The number of nitrogens with one attached hydrogen (secondary N) is 1. The summed E-state index contributed by atoms with van der Waals surface area (Å²) in [7, 11) is 0. The summed E-state index contributed by atoms with van der Waals surface area (Å²) in [5.41, 5.74) is 0. The smallest absolute Gasteiger partial charge is 0.326 e. The number of hydrogen-bond acceptors (Lipinski definition) is 3. The van der Waals surface area contributed by atoms with Gasteiger partial charge in [-0.3, -0.25) is 4.79 Å². The number of ether oxygens (including phenoxy) is 1. The van der Waals surface area contributed by atoms with Gasteiger partial charge in [0.2, 0.25) is 5.91 Å². The Morgan fingerprint density at radius 3 is 2.79 bits per heavy atom. The van der Waals surface area contributed by atoms with Crippen LogP contribution in [0.4, 0.5) is 0 Å². The summed E-state index contributed by atoms with van der Waals surface area (Å²) in [6.45, 7) is 2.00. The Morgan fingerprint density at radius 1 is 1.64 bits per heavy atom. The predicted octanol–water partition coefficient (Wildman–Crippen LogP) is 0.145. The molecule has 14 heavy (non-hydrogen) atoms. The topological polar surface area (TPSA) is 75.6 Å². The van der Waals surface area contributed by atoms with E-state index in [-0.39, 0.29) is 12.0 Å². The molecule has 1 amide bonds. The van der Waals surface area contributed by atoms with Crippen molar-refractivity contribution in [3.05, 3.63) is 0 Å². The molecule has 5 heteroatoms. The number of rotatable bonds is 4. The molecule has 1 heterocycles. The average molecular weight is 201 g/mol. The van der Waals surface area contributed by atoms with Gasteiger partial charge in [-0.1, -0.05) is 0 Å². The van der Waals surface area contributed by atoms with Crippen LogP contribution in [0.2, 0.25) is 0 Å². The fourth-order valence-electron chi connectivity index (χ4n) is 1.56. The van der Waals surface area contributed by atoms with Gasteiger partial charge < -0.3 is 15.2 Å². The standard InChI is InChI=1S/C9H15NO4/c1-6(11)10-8(9(12)13)5-7-3-2-4-14-7/h7-8H,2-5H2,1H3,(H,10,11)(H,12,13)/t7-,8-/m0/s1. The lowest BCUT2D eigenvalue weighted by atomic mass is 10.1. The Labute approximate surface area is 82.4 Å². The zero-order chi connectivity index (χ0) is 10.6. The summed E-state index contributed by atoms with van der Waals surface area (Å²) in [6.07, 6.45) is 2.18. The van der Waals surface area contributed by atoms with E-state index in [1.54, 1.807) is 0 Å². The van der Waals surface area contributed by atoms with Crippen LogP contribution in [-0.2, 0) is 14.3 Å². The number of carboxylic acids is 1. The van der Waals surface area contributed by atoms with Gasteiger partial charge >= 0.3 is 5.97 Å². The fraction of sp³-hybridized carbons (Fsp3) is 0.778. The van der Waals surface area contributed by atoms with E-state index in [1.807, 2.05) is 0 Å². The molecule has 1 aliphatic heterocycles. The minimum Gasteiger partial charge on any atom is -0.480 e.